The van der Waals surface area contributed by atoms with Gasteiger partial charge in [0.05, 0.1) is 25.2 Å². The fraction of sp³-hybridized carbons (Fsp3) is 0.262. The maximum atomic E-state index is 12.9. The van der Waals surface area contributed by atoms with Gasteiger partial charge in [-0.15, -0.1) is 0 Å². The number of carbonyl (C=O) groups is 2. The molecule has 1 amide bonds. The lowest BCUT2D eigenvalue weighted by molar-refractivity contribution is -0.263. The Morgan fingerprint density at radius 2 is 1.52 bits per heavy atom. The highest BCUT2D eigenvalue weighted by Crippen LogP contribution is 2.47. The van der Waals surface area contributed by atoms with E-state index in [9.17, 15) is 14.7 Å². The highest BCUT2D eigenvalue weighted by molar-refractivity contribution is 5.97. The van der Waals surface area contributed by atoms with Crippen molar-refractivity contribution < 1.29 is 24.2 Å². The quantitative estimate of drug-likeness (QED) is 0.129. The lowest BCUT2D eigenvalue weighted by atomic mass is 9.83. The van der Waals surface area contributed by atoms with Crippen LogP contribution in [0.15, 0.2) is 128 Å². The standard InChI is InChI=1S/C42H43N3O5/c1-29(47)35-11-8-13-37(26-35)44-39(48)25-30-14-20-34(21-15-30)42-49-38(27-45(2)24-22-36-12-6-7-23-43-36)40(32-9-4-3-5-10-32)41(50-42)33-18-16-31(28-46)17-19-33/h3-21,23,26,38,40-42,46H,22,24-25,27-28H2,1-2H3,(H,44,48). The number of rotatable bonds is 13. The summed E-state index contributed by atoms with van der Waals surface area (Å²) in [6.45, 7) is 2.96. The van der Waals surface area contributed by atoms with Crippen LogP contribution in [0.4, 0.5) is 5.69 Å². The lowest BCUT2D eigenvalue weighted by Gasteiger charge is -2.44. The van der Waals surface area contributed by atoms with Crippen molar-refractivity contribution in [2.45, 2.75) is 50.8 Å². The molecule has 4 atom stereocenters. The second-order valence-electron chi connectivity index (χ2n) is 12.8. The van der Waals surface area contributed by atoms with Gasteiger partial charge in [0.15, 0.2) is 12.1 Å². The first kappa shape index (κ1) is 34.9. The molecule has 256 valence electrons. The maximum Gasteiger partial charge on any atom is 0.228 e. The minimum absolute atomic E-state index is 0.0292. The number of amides is 1. The van der Waals surface area contributed by atoms with Gasteiger partial charge in [0, 0.05) is 54.1 Å². The molecule has 1 aliphatic rings. The van der Waals surface area contributed by atoms with Crippen LogP contribution in [0.25, 0.3) is 0 Å². The Hall–Kier alpha value is -4.99. The largest absolute Gasteiger partial charge is 0.392 e. The summed E-state index contributed by atoms with van der Waals surface area (Å²) in [6, 6.07) is 39.0. The van der Waals surface area contributed by atoms with Gasteiger partial charge in [-0.1, -0.05) is 97.1 Å². The van der Waals surface area contributed by atoms with Crippen molar-refractivity contribution >= 4 is 17.4 Å². The predicted octanol–water partition coefficient (Wildman–Crippen LogP) is 7.07. The Labute approximate surface area is 293 Å². The Bertz CT molecular complexity index is 1850. The zero-order valence-corrected chi connectivity index (χ0v) is 28.4. The van der Waals surface area contributed by atoms with Gasteiger partial charge < -0.3 is 24.8 Å². The van der Waals surface area contributed by atoms with E-state index in [-0.39, 0.29) is 42.8 Å². The molecular weight excluding hydrogens is 626 g/mol. The number of hydrogen-bond acceptors (Lipinski definition) is 7. The first-order valence-electron chi connectivity index (χ1n) is 17.0. The number of ketones is 1. The van der Waals surface area contributed by atoms with E-state index in [0.717, 1.165) is 46.5 Å². The van der Waals surface area contributed by atoms with Crippen molar-refractivity contribution in [3.8, 4) is 0 Å². The number of nitrogens with one attached hydrogen (secondary N) is 1. The Morgan fingerprint density at radius 1 is 0.800 bits per heavy atom. The second kappa shape index (κ2) is 16.6. The van der Waals surface area contributed by atoms with Crippen LogP contribution in [0.5, 0.6) is 0 Å². The van der Waals surface area contributed by atoms with Crippen molar-refractivity contribution in [1.29, 1.82) is 0 Å². The molecule has 1 saturated heterocycles. The third-order valence-corrected chi connectivity index (χ3v) is 9.11. The molecule has 8 nitrogen and oxygen atoms in total. The summed E-state index contributed by atoms with van der Waals surface area (Å²) in [4.78, 5) is 31.4. The molecule has 1 aromatic heterocycles. The third kappa shape index (κ3) is 8.97. The van der Waals surface area contributed by atoms with Crippen molar-refractivity contribution in [3.63, 3.8) is 0 Å². The smallest absolute Gasteiger partial charge is 0.228 e. The van der Waals surface area contributed by atoms with Gasteiger partial charge in [0.1, 0.15) is 0 Å². The molecule has 0 radical (unpaired) electrons. The summed E-state index contributed by atoms with van der Waals surface area (Å²) in [5.41, 5.74) is 6.85. The van der Waals surface area contributed by atoms with Crippen molar-refractivity contribution in [1.82, 2.24) is 9.88 Å². The molecule has 5 aromatic rings. The lowest BCUT2D eigenvalue weighted by Crippen LogP contribution is -2.43. The maximum absolute atomic E-state index is 12.9. The molecule has 4 aromatic carbocycles. The van der Waals surface area contributed by atoms with Crippen LogP contribution in [0.3, 0.4) is 0 Å². The molecule has 1 aliphatic heterocycles. The van der Waals surface area contributed by atoms with E-state index in [0.29, 0.717) is 17.8 Å². The predicted molar refractivity (Wildman–Crippen MR) is 194 cm³/mol. The van der Waals surface area contributed by atoms with Gasteiger partial charge in [-0.05, 0) is 60.5 Å². The number of carbonyl (C=O) groups excluding carboxylic acids is 2. The number of hydrogen-bond donors (Lipinski definition) is 2. The molecule has 2 N–H and O–H groups in total. The summed E-state index contributed by atoms with van der Waals surface area (Å²) in [5, 5.41) is 12.6. The van der Waals surface area contributed by atoms with E-state index in [1.165, 1.54) is 6.92 Å². The van der Waals surface area contributed by atoms with Gasteiger partial charge in [0.25, 0.3) is 0 Å². The summed E-state index contributed by atoms with van der Waals surface area (Å²) in [5.74, 6) is -0.328. The fourth-order valence-corrected chi connectivity index (χ4v) is 6.41. The van der Waals surface area contributed by atoms with Crippen molar-refractivity contribution in [2.24, 2.45) is 0 Å². The number of aliphatic hydroxyl groups is 1. The van der Waals surface area contributed by atoms with Crippen LogP contribution in [0.1, 0.15) is 69.1 Å². The zero-order chi connectivity index (χ0) is 34.9. The number of nitrogens with zero attached hydrogens (tertiary/aromatic N) is 2. The van der Waals surface area contributed by atoms with Crippen LogP contribution in [-0.2, 0) is 33.7 Å². The van der Waals surface area contributed by atoms with Gasteiger partial charge in [0.2, 0.25) is 5.91 Å². The second-order valence-corrected chi connectivity index (χ2v) is 12.8. The number of aliphatic hydroxyl groups excluding tert-OH is 1. The fourth-order valence-electron chi connectivity index (χ4n) is 6.41. The summed E-state index contributed by atoms with van der Waals surface area (Å²) in [7, 11) is 2.11. The van der Waals surface area contributed by atoms with E-state index in [1.807, 2.05) is 91.1 Å². The van der Waals surface area contributed by atoms with Gasteiger partial charge in [-0.25, -0.2) is 0 Å². The topological polar surface area (TPSA) is 101 Å². The highest BCUT2D eigenvalue weighted by atomic mass is 16.7. The Balaban J connectivity index is 1.23. The molecule has 6 rings (SSSR count). The van der Waals surface area contributed by atoms with E-state index in [1.54, 1.807) is 24.3 Å². The van der Waals surface area contributed by atoms with Gasteiger partial charge >= 0.3 is 0 Å². The first-order chi connectivity index (χ1) is 24.4. The molecule has 4 unspecified atom stereocenters. The van der Waals surface area contributed by atoms with Crippen LogP contribution in [0, 0.1) is 0 Å². The summed E-state index contributed by atoms with van der Waals surface area (Å²) >= 11 is 0. The SMILES string of the molecule is CC(=O)c1cccc(NC(=O)Cc2ccc(C3OC(CN(C)CCc4ccccn4)C(c4ccccc4)C(c4ccc(CO)cc4)O3)cc2)c1. The molecule has 0 bridgehead atoms. The molecule has 0 saturated carbocycles. The molecule has 2 heterocycles. The van der Waals surface area contributed by atoms with E-state index in [2.05, 4.69) is 34.4 Å². The molecule has 50 heavy (non-hydrogen) atoms. The minimum atomic E-state index is -0.649. The number of ether oxygens (including phenoxy) is 2. The Morgan fingerprint density at radius 3 is 2.22 bits per heavy atom. The molecule has 8 heteroatoms. The van der Waals surface area contributed by atoms with Gasteiger partial charge in [-0.2, -0.15) is 0 Å². The molecule has 0 spiro atoms. The number of anilines is 1. The minimum Gasteiger partial charge on any atom is -0.392 e. The van der Waals surface area contributed by atoms with Crippen LogP contribution in [-0.4, -0.2) is 52.9 Å². The molecule has 1 fully saturated rings. The van der Waals surface area contributed by atoms with Crippen molar-refractivity contribution in [2.75, 3.05) is 25.5 Å². The normalized spacial score (nSPS) is 18.9. The summed E-state index contributed by atoms with van der Waals surface area (Å²) in [6.07, 6.45) is 1.63. The van der Waals surface area contributed by atoms with Gasteiger partial charge in [-0.3, -0.25) is 14.6 Å². The van der Waals surface area contributed by atoms with Crippen LogP contribution >= 0.6 is 0 Å². The first-order valence-corrected chi connectivity index (χ1v) is 17.0. The third-order valence-electron chi connectivity index (χ3n) is 9.11. The zero-order valence-electron chi connectivity index (χ0n) is 28.4. The number of benzene rings is 4. The van der Waals surface area contributed by atoms with Crippen molar-refractivity contribution in [3.05, 3.63) is 167 Å². The Kier molecular flexibility index (Phi) is 11.6. The molecular formula is C42H43N3O5. The average Bonchev–Trinajstić information content (AvgIpc) is 3.15. The monoisotopic (exact) mass is 669 g/mol. The number of Topliss-reactive ketones (excluding diaryl/α,β-unsaturated/α-hetero) is 1. The number of pyridine rings is 1. The number of aromatic nitrogens is 1. The summed E-state index contributed by atoms with van der Waals surface area (Å²) < 4.78 is 13.7. The van der Waals surface area contributed by atoms with Crippen LogP contribution < -0.4 is 5.32 Å². The van der Waals surface area contributed by atoms with E-state index in [4.69, 9.17) is 9.47 Å². The van der Waals surface area contributed by atoms with E-state index < -0.39 is 6.29 Å². The molecule has 0 aliphatic carbocycles. The highest BCUT2D eigenvalue weighted by Gasteiger charge is 2.42. The number of likely N-dealkylation sites (N-methyl/N-ethyl adjacent to an activating group) is 1. The average molecular weight is 670 g/mol. The van der Waals surface area contributed by atoms with E-state index >= 15 is 0 Å². The van der Waals surface area contributed by atoms with Crippen LogP contribution in [0.2, 0.25) is 0 Å².